The highest BCUT2D eigenvalue weighted by atomic mass is 35.5. The van der Waals surface area contributed by atoms with Crippen LogP contribution in [-0.4, -0.2) is 30.6 Å². The molecule has 26 heavy (non-hydrogen) atoms. The molecule has 2 aromatic carbocycles. The van der Waals surface area contributed by atoms with E-state index in [2.05, 4.69) is 77.9 Å². The molecule has 0 aromatic heterocycles. The molecular formula is C23H31ClN2. The molecule has 2 aliphatic heterocycles. The van der Waals surface area contributed by atoms with Crippen LogP contribution in [0.25, 0.3) is 0 Å². The fourth-order valence-electron chi connectivity index (χ4n) is 4.91. The molecule has 0 aliphatic carbocycles. The van der Waals surface area contributed by atoms with Crippen molar-refractivity contribution in [2.45, 2.75) is 50.2 Å². The molecule has 0 radical (unpaired) electrons. The molecule has 2 nitrogen and oxygen atoms in total. The summed E-state index contributed by atoms with van der Waals surface area (Å²) >= 11 is 0. The first-order chi connectivity index (χ1) is 12.3. The Bertz CT molecular complexity index is 607. The minimum Gasteiger partial charge on any atom is -0.306 e. The number of halogens is 1. The SMILES string of the molecule is CN1C2CCC1CC(CCNC(c1ccccc1)c1ccccc1)C2.Cl. The first-order valence-electron chi connectivity index (χ1n) is 9.86. The Kier molecular flexibility index (Phi) is 6.74. The number of rotatable bonds is 6. The fourth-order valence-corrected chi connectivity index (χ4v) is 4.91. The van der Waals surface area contributed by atoms with Gasteiger partial charge in [-0.3, -0.25) is 0 Å². The average molecular weight is 371 g/mol. The third-order valence-corrected chi connectivity index (χ3v) is 6.36. The minimum absolute atomic E-state index is 0. The van der Waals surface area contributed by atoms with Gasteiger partial charge in [-0.05, 0) is 62.7 Å². The summed E-state index contributed by atoms with van der Waals surface area (Å²) in [5.41, 5.74) is 2.72. The summed E-state index contributed by atoms with van der Waals surface area (Å²) in [6.45, 7) is 1.10. The van der Waals surface area contributed by atoms with E-state index in [0.717, 1.165) is 24.5 Å². The largest absolute Gasteiger partial charge is 0.306 e. The Morgan fingerprint density at radius 3 is 1.88 bits per heavy atom. The van der Waals surface area contributed by atoms with Crippen molar-refractivity contribution in [3.63, 3.8) is 0 Å². The monoisotopic (exact) mass is 370 g/mol. The molecule has 1 N–H and O–H groups in total. The average Bonchev–Trinajstić information content (AvgIpc) is 2.87. The predicted molar refractivity (Wildman–Crippen MR) is 112 cm³/mol. The van der Waals surface area contributed by atoms with Gasteiger partial charge in [-0.2, -0.15) is 0 Å². The summed E-state index contributed by atoms with van der Waals surface area (Å²) in [6, 6.07) is 23.7. The highest BCUT2D eigenvalue weighted by Crippen LogP contribution is 2.38. The molecule has 0 spiro atoms. The van der Waals surface area contributed by atoms with E-state index in [9.17, 15) is 0 Å². The number of fused-ring (bicyclic) bond motifs is 2. The number of nitrogens with zero attached hydrogens (tertiary/aromatic N) is 1. The van der Waals surface area contributed by atoms with Gasteiger partial charge in [-0.25, -0.2) is 0 Å². The maximum atomic E-state index is 3.85. The van der Waals surface area contributed by atoms with Gasteiger partial charge in [0.2, 0.25) is 0 Å². The van der Waals surface area contributed by atoms with Gasteiger partial charge in [0.05, 0.1) is 6.04 Å². The summed E-state index contributed by atoms with van der Waals surface area (Å²) < 4.78 is 0. The van der Waals surface area contributed by atoms with E-state index in [1.165, 1.54) is 43.2 Å². The molecule has 2 unspecified atom stereocenters. The van der Waals surface area contributed by atoms with E-state index in [1.54, 1.807) is 0 Å². The van der Waals surface area contributed by atoms with Crippen LogP contribution in [0.5, 0.6) is 0 Å². The zero-order chi connectivity index (χ0) is 17.1. The lowest BCUT2D eigenvalue weighted by Crippen LogP contribution is -2.40. The summed E-state index contributed by atoms with van der Waals surface area (Å²) in [6.07, 6.45) is 6.94. The molecule has 2 aromatic rings. The summed E-state index contributed by atoms with van der Waals surface area (Å²) in [5, 5.41) is 3.85. The zero-order valence-electron chi connectivity index (χ0n) is 15.7. The molecule has 2 fully saturated rings. The molecule has 2 bridgehead atoms. The van der Waals surface area contributed by atoms with Crippen molar-refractivity contribution in [3.05, 3.63) is 71.8 Å². The minimum atomic E-state index is 0. The van der Waals surface area contributed by atoms with Crippen molar-refractivity contribution in [2.75, 3.05) is 13.6 Å². The van der Waals surface area contributed by atoms with Crippen LogP contribution in [0.1, 0.15) is 49.3 Å². The van der Waals surface area contributed by atoms with Crippen molar-refractivity contribution >= 4 is 12.4 Å². The van der Waals surface area contributed by atoms with E-state index in [4.69, 9.17) is 0 Å². The van der Waals surface area contributed by atoms with Crippen molar-refractivity contribution in [1.82, 2.24) is 10.2 Å². The van der Waals surface area contributed by atoms with E-state index in [1.807, 2.05) is 0 Å². The molecule has 140 valence electrons. The number of hydrogen-bond acceptors (Lipinski definition) is 2. The first kappa shape index (κ1) is 19.4. The van der Waals surface area contributed by atoms with Gasteiger partial charge < -0.3 is 10.2 Å². The fraction of sp³-hybridized carbons (Fsp3) is 0.478. The van der Waals surface area contributed by atoms with Gasteiger partial charge >= 0.3 is 0 Å². The molecule has 0 saturated carbocycles. The van der Waals surface area contributed by atoms with Gasteiger partial charge in [0, 0.05) is 12.1 Å². The number of nitrogens with one attached hydrogen (secondary N) is 1. The zero-order valence-corrected chi connectivity index (χ0v) is 16.5. The lowest BCUT2D eigenvalue weighted by Gasteiger charge is -2.36. The second kappa shape index (κ2) is 9.03. The number of piperidine rings is 1. The second-order valence-electron chi connectivity index (χ2n) is 7.89. The molecular weight excluding hydrogens is 340 g/mol. The van der Waals surface area contributed by atoms with Crippen LogP contribution in [0.4, 0.5) is 0 Å². The predicted octanol–water partition coefficient (Wildman–Crippen LogP) is 5.05. The third-order valence-electron chi connectivity index (χ3n) is 6.36. The van der Waals surface area contributed by atoms with Crippen LogP contribution in [0, 0.1) is 5.92 Å². The van der Waals surface area contributed by atoms with E-state index < -0.39 is 0 Å². The topological polar surface area (TPSA) is 15.3 Å². The number of hydrogen-bond donors (Lipinski definition) is 1. The quantitative estimate of drug-likeness (QED) is 0.765. The van der Waals surface area contributed by atoms with Gasteiger partial charge in [-0.15, -0.1) is 12.4 Å². The molecule has 0 amide bonds. The Balaban J connectivity index is 0.00000196. The molecule has 2 saturated heterocycles. The van der Waals surface area contributed by atoms with Gasteiger partial charge in [0.15, 0.2) is 0 Å². The lowest BCUT2D eigenvalue weighted by atomic mass is 9.88. The van der Waals surface area contributed by atoms with Crippen LogP contribution in [0.15, 0.2) is 60.7 Å². The normalized spacial score (nSPS) is 25.2. The lowest BCUT2D eigenvalue weighted by molar-refractivity contribution is 0.129. The van der Waals surface area contributed by atoms with Gasteiger partial charge in [0.25, 0.3) is 0 Å². The van der Waals surface area contributed by atoms with Crippen LogP contribution < -0.4 is 5.32 Å². The Morgan fingerprint density at radius 2 is 1.38 bits per heavy atom. The summed E-state index contributed by atoms with van der Waals surface area (Å²) in [7, 11) is 2.33. The molecule has 2 heterocycles. The highest BCUT2D eigenvalue weighted by molar-refractivity contribution is 5.85. The van der Waals surface area contributed by atoms with Gasteiger partial charge in [0.1, 0.15) is 0 Å². The molecule has 2 atom stereocenters. The van der Waals surface area contributed by atoms with E-state index in [-0.39, 0.29) is 12.4 Å². The highest BCUT2D eigenvalue weighted by Gasteiger charge is 2.37. The Morgan fingerprint density at radius 1 is 0.885 bits per heavy atom. The van der Waals surface area contributed by atoms with Crippen LogP contribution in [0.2, 0.25) is 0 Å². The maximum absolute atomic E-state index is 3.85. The van der Waals surface area contributed by atoms with Crippen LogP contribution >= 0.6 is 12.4 Å². The van der Waals surface area contributed by atoms with Crippen LogP contribution in [0.3, 0.4) is 0 Å². The molecule has 4 rings (SSSR count). The van der Waals surface area contributed by atoms with Gasteiger partial charge in [-0.1, -0.05) is 60.7 Å². The van der Waals surface area contributed by atoms with E-state index >= 15 is 0 Å². The maximum Gasteiger partial charge on any atom is 0.0576 e. The summed E-state index contributed by atoms with van der Waals surface area (Å²) in [4.78, 5) is 2.64. The third kappa shape index (κ3) is 4.31. The van der Waals surface area contributed by atoms with Crippen molar-refractivity contribution < 1.29 is 0 Å². The Labute approximate surface area is 164 Å². The van der Waals surface area contributed by atoms with Crippen molar-refractivity contribution in [3.8, 4) is 0 Å². The molecule has 3 heteroatoms. The number of benzene rings is 2. The smallest absolute Gasteiger partial charge is 0.0576 e. The first-order valence-corrected chi connectivity index (χ1v) is 9.86. The molecule has 2 aliphatic rings. The summed E-state index contributed by atoms with van der Waals surface area (Å²) in [5.74, 6) is 0.897. The second-order valence-corrected chi connectivity index (χ2v) is 7.89. The van der Waals surface area contributed by atoms with Crippen molar-refractivity contribution in [2.24, 2.45) is 5.92 Å². The van der Waals surface area contributed by atoms with Crippen LogP contribution in [-0.2, 0) is 0 Å². The Hall–Kier alpha value is -1.35. The standard InChI is InChI=1S/C23H30N2.ClH/c1-25-21-12-13-22(25)17-18(16-21)14-15-24-23(19-8-4-2-5-9-19)20-10-6-3-7-11-20;/h2-11,18,21-24H,12-17H2,1H3;1H. The van der Waals surface area contributed by atoms with E-state index in [0.29, 0.717) is 6.04 Å². The van der Waals surface area contributed by atoms with Crippen molar-refractivity contribution in [1.29, 1.82) is 0 Å².